The van der Waals surface area contributed by atoms with Gasteiger partial charge in [0, 0.05) is 31.9 Å². The fraction of sp³-hybridized carbons (Fsp3) is 0.300. The van der Waals surface area contributed by atoms with E-state index in [0.717, 1.165) is 6.07 Å². The number of hydrogen-bond acceptors (Lipinski definition) is 5. The molecule has 1 aromatic heterocycles. The lowest BCUT2D eigenvalue weighted by molar-refractivity contribution is -0.120. The Balaban J connectivity index is 1.53. The summed E-state index contributed by atoms with van der Waals surface area (Å²) in [6.07, 6.45) is 1.02. The van der Waals surface area contributed by atoms with E-state index in [1.807, 2.05) is 0 Å². The summed E-state index contributed by atoms with van der Waals surface area (Å²) in [7, 11) is -2.37. The van der Waals surface area contributed by atoms with Crippen LogP contribution in [0, 0.1) is 11.7 Å². The van der Waals surface area contributed by atoms with Crippen molar-refractivity contribution >= 4 is 44.3 Å². The van der Waals surface area contributed by atoms with Gasteiger partial charge in [-0.2, -0.15) is 4.31 Å². The number of piperidine rings is 1. The summed E-state index contributed by atoms with van der Waals surface area (Å²) < 4.78 is 47.2. The maximum atomic E-state index is 13.3. The van der Waals surface area contributed by atoms with Crippen molar-refractivity contribution in [1.29, 1.82) is 0 Å². The molecule has 1 aliphatic rings. The monoisotopic (exact) mass is 467 g/mol. The fourth-order valence-electron chi connectivity index (χ4n) is 3.62. The van der Waals surface area contributed by atoms with Crippen molar-refractivity contribution in [2.45, 2.75) is 17.7 Å². The minimum atomic E-state index is -3.90. The summed E-state index contributed by atoms with van der Waals surface area (Å²) in [5.74, 6) is -2.13. The van der Waals surface area contributed by atoms with Crippen LogP contribution in [0.2, 0.25) is 5.02 Å². The third-order valence-corrected chi connectivity index (χ3v) is 7.49. The maximum Gasteiger partial charge on any atom is 0.419 e. The Bertz CT molecular complexity index is 1330. The van der Waals surface area contributed by atoms with Gasteiger partial charge in [0.25, 0.3) is 0 Å². The van der Waals surface area contributed by atoms with Gasteiger partial charge in [0.05, 0.1) is 21.4 Å². The first kappa shape index (κ1) is 21.5. The SMILES string of the molecule is Cn1c(=O)oc2cc(S(=O)(=O)N3CCC[C@@H](C(=O)Nc4ccc(F)c(Cl)c4)C3)ccc21. The molecule has 11 heteroatoms. The van der Waals surface area contributed by atoms with E-state index in [1.54, 1.807) is 0 Å². The predicted molar refractivity (Wildman–Crippen MR) is 113 cm³/mol. The van der Waals surface area contributed by atoms with Gasteiger partial charge in [0.1, 0.15) is 5.82 Å². The number of hydrogen-bond donors (Lipinski definition) is 1. The molecule has 0 aliphatic carbocycles. The number of aryl methyl sites for hydroxylation is 1. The Kier molecular flexibility index (Phi) is 5.63. The van der Waals surface area contributed by atoms with Gasteiger partial charge in [-0.05, 0) is 43.2 Å². The van der Waals surface area contributed by atoms with Crippen LogP contribution in [0.25, 0.3) is 11.1 Å². The molecule has 164 valence electrons. The molecule has 2 heterocycles. The molecule has 0 spiro atoms. The van der Waals surface area contributed by atoms with E-state index in [0.29, 0.717) is 24.0 Å². The lowest BCUT2D eigenvalue weighted by Crippen LogP contribution is -2.43. The zero-order valence-electron chi connectivity index (χ0n) is 16.5. The third-order valence-electron chi connectivity index (χ3n) is 5.34. The summed E-state index contributed by atoms with van der Waals surface area (Å²) in [6, 6.07) is 8.08. The quantitative estimate of drug-likeness (QED) is 0.635. The molecular weight excluding hydrogens is 449 g/mol. The minimum Gasteiger partial charge on any atom is -0.408 e. The molecule has 1 saturated heterocycles. The molecule has 0 unspecified atom stereocenters. The average molecular weight is 468 g/mol. The number of benzene rings is 2. The summed E-state index contributed by atoms with van der Waals surface area (Å²) in [5, 5.41) is 2.54. The summed E-state index contributed by atoms with van der Waals surface area (Å²) in [6.45, 7) is 0.269. The second-order valence-corrected chi connectivity index (χ2v) is 9.72. The maximum absolute atomic E-state index is 13.3. The molecule has 1 aliphatic heterocycles. The van der Waals surface area contributed by atoms with Crippen molar-refractivity contribution in [2.75, 3.05) is 18.4 Å². The van der Waals surface area contributed by atoms with E-state index in [4.69, 9.17) is 16.0 Å². The highest BCUT2D eigenvalue weighted by Crippen LogP contribution is 2.27. The van der Waals surface area contributed by atoms with Gasteiger partial charge in [-0.25, -0.2) is 17.6 Å². The fourth-order valence-corrected chi connectivity index (χ4v) is 5.34. The van der Waals surface area contributed by atoms with Crippen molar-refractivity contribution in [3.05, 3.63) is 57.8 Å². The van der Waals surface area contributed by atoms with E-state index < -0.39 is 27.5 Å². The lowest BCUT2D eigenvalue weighted by atomic mass is 9.99. The highest BCUT2D eigenvalue weighted by Gasteiger charge is 2.33. The summed E-state index contributed by atoms with van der Waals surface area (Å²) in [4.78, 5) is 24.3. The average Bonchev–Trinajstić information content (AvgIpc) is 3.04. The van der Waals surface area contributed by atoms with Crippen LogP contribution in [0.1, 0.15) is 12.8 Å². The van der Waals surface area contributed by atoms with Crippen LogP contribution >= 0.6 is 11.6 Å². The molecule has 0 radical (unpaired) electrons. The zero-order chi connectivity index (χ0) is 22.3. The van der Waals surface area contributed by atoms with Gasteiger partial charge in [-0.1, -0.05) is 11.6 Å². The number of oxazole rings is 1. The number of amides is 1. The molecule has 2 aromatic carbocycles. The number of fused-ring (bicyclic) bond motifs is 1. The molecule has 1 amide bonds. The second kappa shape index (κ2) is 8.10. The van der Waals surface area contributed by atoms with E-state index in [-0.39, 0.29) is 34.5 Å². The van der Waals surface area contributed by atoms with Crippen LogP contribution in [0.3, 0.4) is 0 Å². The normalized spacial score (nSPS) is 17.7. The molecule has 0 saturated carbocycles. The van der Waals surface area contributed by atoms with E-state index in [1.165, 1.54) is 46.3 Å². The van der Waals surface area contributed by atoms with Gasteiger partial charge >= 0.3 is 5.76 Å². The smallest absolute Gasteiger partial charge is 0.408 e. The van der Waals surface area contributed by atoms with Gasteiger partial charge in [0.15, 0.2) is 5.58 Å². The number of nitrogens with one attached hydrogen (secondary N) is 1. The Morgan fingerprint density at radius 1 is 1.26 bits per heavy atom. The number of carbonyl (C=O) groups excluding carboxylic acids is 1. The first-order chi connectivity index (χ1) is 14.7. The minimum absolute atomic E-state index is 0.000130. The molecule has 0 bridgehead atoms. The van der Waals surface area contributed by atoms with Crippen LogP contribution in [0.4, 0.5) is 10.1 Å². The van der Waals surface area contributed by atoms with Crippen molar-refractivity contribution in [1.82, 2.24) is 8.87 Å². The molecule has 31 heavy (non-hydrogen) atoms. The number of carbonyl (C=O) groups is 1. The molecule has 8 nitrogen and oxygen atoms in total. The Labute approximate surface area is 182 Å². The summed E-state index contributed by atoms with van der Waals surface area (Å²) in [5.41, 5.74) is 0.992. The third kappa shape index (κ3) is 4.10. The first-order valence-electron chi connectivity index (χ1n) is 9.52. The summed E-state index contributed by atoms with van der Waals surface area (Å²) >= 11 is 5.74. The van der Waals surface area contributed by atoms with Crippen LogP contribution < -0.4 is 11.1 Å². The second-order valence-electron chi connectivity index (χ2n) is 7.38. The molecular formula is C20H19ClFN3O5S. The largest absolute Gasteiger partial charge is 0.419 e. The van der Waals surface area contributed by atoms with Gasteiger partial charge in [0.2, 0.25) is 15.9 Å². The van der Waals surface area contributed by atoms with E-state index in [9.17, 15) is 22.4 Å². The number of sulfonamides is 1. The van der Waals surface area contributed by atoms with E-state index in [2.05, 4.69) is 5.32 Å². The van der Waals surface area contributed by atoms with Crippen molar-refractivity contribution in [3.8, 4) is 0 Å². The lowest BCUT2D eigenvalue weighted by Gasteiger charge is -2.31. The Morgan fingerprint density at radius 2 is 2.03 bits per heavy atom. The predicted octanol–water partition coefficient (Wildman–Crippen LogP) is 2.96. The van der Waals surface area contributed by atoms with Crippen LogP contribution in [0.15, 0.2) is 50.5 Å². The topological polar surface area (TPSA) is 102 Å². The number of aromatic nitrogens is 1. The number of nitrogens with zero attached hydrogens (tertiary/aromatic N) is 2. The highest BCUT2D eigenvalue weighted by molar-refractivity contribution is 7.89. The molecule has 1 N–H and O–H groups in total. The van der Waals surface area contributed by atoms with Crippen molar-refractivity contribution in [3.63, 3.8) is 0 Å². The number of halogens is 2. The van der Waals surface area contributed by atoms with Gasteiger partial charge in [-0.15, -0.1) is 0 Å². The molecule has 4 rings (SSSR count). The molecule has 1 atom stereocenters. The van der Waals surface area contributed by atoms with Crippen molar-refractivity contribution < 1.29 is 22.0 Å². The van der Waals surface area contributed by atoms with Crippen LogP contribution in [0.5, 0.6) is 0 Å². The molecule has 1 fully saturated rings. The van der Waals surface area contributed by atoms with Gasteiger partial charge in [-0.3, -0.25) is 9.36 Å². The number of anilines is 1. The Hall–Kier alpha value is -2.69. The molecule has 3 aromatic rings. The Morgan fingerprint density at radius 3 is 2.77 bits per heavy atom. The zero-order valence-corrected chi connectivity index (χ0v) is 18.0. The van der Waals surface area contributed by atoms with E-state index >= 15 is 0 Å². The van der Waals surface area contributed by atoms with Crippen LogP contribution in [-0.4, -0.2) is 36.3 Å². The standard InChI is InChI=1S/C20H19ClFN3O5S/c1-24-17-7-5-14(10-18(17)30-20(24)27)31(28,29)25-8-2-3-12(11-25)19(26)23-13-4-6-16(22)15(21)9-13/h4-7,9-10,12H,2-3,8,11H2,1H3,(H,23,26)/t12-/m1/s1. The van der Waals surface area contributed by atoms with Gasteiger partial charge < -0.3 is 9.73 Å². The van der Waals surface area contributed by atoms with Crippen molar-refractivity contribution in [2.24, 2.45) is 13.0 Å². The van der Waals surface area contributed by atoms with Crippen LogP contribution in [-0.2, 0) is 21.9 Å². The number of rotatable bonds is 4. The first-order valence-corrected chi connectivity index (χ1v) is 11.3. The highest BCUT2D eigenvalue weighted by atomic mass is 35.5.